The highest BCUT2D eigenvalue weighted by Crippen LogP contribution is 2.20. The van der Waals surface area contributed by atoms with Crippen molar-refractivity contribution in [1.82, 2.24) is 10.3 Å². The third-order valence-electron chi connectivity index (χ3n) is 3.99. The zero-order valence-corrected chi connectivity index (χ0v) is 14.5. The highest BCUT2D eigenvalue weighted by atomic mass is 32.2. The van der Waals surface area contributed by atoms with Crippen LogP contribution in [0.5, 0.6) is 0 Å². The van der Waals surface area contributed by atoms with Gasteiger partial charge in [0, 0.05) is 30.7 Å². The molecule has 0 spiro atoms. The Morgan fingerprint density at radius 2 is 1.96 bits per heavy atom. The lowest BCUT2D eigenvalue weighted by Gasteiger charge is -2.16. The summed E-state index contributed by atoms with van der Waals surface area (Å²) in [5.74, 6) is -0.849. The van der Waals surface area contributed by atoms with Crippen molar-refractivity contribution in [2.24, 2.45) is 0 Å². The molecule has 1 aliphatic rings. The van der Waals surface area contributed by atoms with Crippen molar-refractivity contribution < 1.29 is 13.6 Å². The van der Waals surface area contributed by atoms with Gasteiger partial charge in [-0.05, 0) is 42.7 Å². The summed E-state index contributed by atoms with van der Waals surface area (Å²) in [5, 5.41) is 2.80. The summed E-state index contributed by atoms with van der Waals surface area (Å²) in [6, 6.07) is 7.54. The first-order valence-corrected chi connectivity index (χ1v) is 9.15. The molecule has 1 N–H and O–H groups in total. The molecule has 1 aliphatic heterocycles. The van der Waals surface area contributed by atoms with Gasteiger partial charge >= 0.3 is 0 Å². The molecule has 1 saturated heterocycles. The van der Waals surface area contributed by atoms with Crippen LogP contribution < -0.4 is 10.2 Å². The number of aromatic nitrogens is 1. The van der Waals surface area contributed by atoms with E-state index in [0.29, 0.717) is 11.4 Å². The summed E-state index contributed by atoms with van der Waals surface area (Å²) in [6.45, 7) is 2.49. The quantitative estimate of drug-likeness (QED) is 0.800. The van der Waals surface area contributed by atoms with Crippen LogP contribution in [0.2, 0.25) is 0 Å². The maximum Gasteiger partial charge on any atom is 0.230 e. The Labute approximate surface area is 149 Å². The number of nitrogens with zero attached hydrogens (tertiary/aromatic N) is 2. The number of pyridine rings is 1. The number of benzene rings is 1. The molecule has 2 aromatic rings. The normalized spacial score (nSPS) is 13.9. The molecule has 2 heterocycles. The van der Waals surface area contributed by atoms with Gasteiger partial charge in [-0.1, -0.05) is 6.07 Å². The fourth-order valence-corrected chi connectivity index (χ4v) is 3.37. The van der Waals surface area contributed by atoms with Crippen molar-refractivity contribution in [1.29, 1.82) is 0 Å². The fraction of sp³-hybridized carbons (Fsp3) is 0.333. The van der Waals surface area contributed by atoms with E-state index in [1.807, 2.05) is 12.1 Å². The molecule has 25 heavy (non-hydrogen) atoms. The molecule has 132 valence electrons. The van der Waals surface area contributed by atoms with Gasteiger partial charge in [-0.3, -0.25) is 4.79 Å². The Kier molecular flexibility index (Phi) is 5.86. The number of amides is 1. The third-order valence-corrected chi connectivity index (χ3v) is 4.98. The van der Waals surface area contributed by atoms with Crippen molar-refractivity contribution in [2.45, 2.75) is 24.3 Å². The molecular weight excluding hydrogens is 344 g/mol. The Hall–Kier alpha value is -2.15. The number of thioether (sulfide) groups is 1. The van der Waals surface area contributed by atoms with Crippen LogP contribution in [0.15, 0.2) is 41.4 Å². The Morgan fingerprint density at radius 1 is 1.16 bits per heavy atom. The van der Waals surface area contributed by atoms with Gasteiger partial charge < -0.3 is 10.2 Å². The van der Waals surface area contributed by atoms with Gasteiger partial charge in [0.05, 0.1) is 5.75 Å². The molecule has 1 aromatic heterocycles. The number of anilines is 1. The molecule has 3 rings (SSSR count). The second-order valence-electron chi connectivity index (χ2n) is 5.86. The van der Waals surface area contributed by atoms with Crippen LogP contribution >= 0.6 is 11.8 Å². The first kappa shape index (κ1) is 17.7. The van der Waals surface area contributed by atoms with Crippen LogP contribution in [0.1, 0.15) is 18.4 Å². The van der Waals surface area contributed by atoms with Gasteiger partial charge in [0.1, 0.15) is 5.82 Å². The van der Waals surface area contributed by atoms with Gasteiger partial charge in [-0.2, -0.15) is 0 Å². The van der Waals surface area contributed by atoms with E-state index in [4.69, 9.17) is 0 Å². The molecule has 0 unspecified atom stereocenters. The summed E-state index contributed by atoms with van der Waals surface area (Å²) >= 11 is 1.16. The van der Waals surface area contributed by atoms with Crippen LogP contribution in [0, 0.1) is 11.6 Å². The van der Waals surface area contributed by atoms with Gasteiger partial charge in [0.2, 0.25) is 5.91 Å². The van der Waals surface area contributed by atoms with Gasteiger partial charge in [-0.25, -0.2) is 13.8 Å². The summed E-state index contributed by atoms with van der Waals surface area (Å²) in [4.78, 5) is 19.1. The zero-order chi connectivity index (χ0) is 17.6. The Morgan fingerprint density at radius 3 is 2.64 bits per heavy atom. The summed E-state index contributed by atoms with van der Waals surface area (Å²) < 4.78 is 26.0. The monoisotopic (exact) mass is 363 g/mol. The number of nitrogens with one attached hydrogen (secondary N) is 1. The molecular formula is C18H19F2N3OS. The molecule has 0 atom stereocenters. The largest absolute Gasteiger partial charge is 0.357 e. The molecule has 1 aromatic carbocycles. The first-order chi connectivity index (χ1) is 12.1. The Bertz CT molecular complexity index is 734. The van der Waals surface area contributed by atoms with Crippen molar-refractivity contribution in [3.63, 3.8) is 0 Å². The molecule has 0 saturated carbocycles. The second-order valence-corrected chi connectivity index (χ2v) is 6.91. The lowest BCUT2D eigenvalue weighted by molar-refractivity contribution is -0.118. The molecule has 0 aliphatic carbocycles. The lowest BCUT2D eigenvalue weighted by atomic mass is 10.2. The minimum atomic E-state index is -0.908. The number of hydrogen-bond donors (Lipinski definition) is 1. The summed E-state index contributed by atoms with van der Waals surface area (Å²) in [7, 11) is 0. The minimum absolute atomic E-state index is 0.143. The molecule has 0 bridgehead atoms. The second kappa shape index (κ2) is 8.29. The highest BCUT2D eigenvalue weighted by molar-refractivity contribution is 8.00. The topological polar surface area (TPSA) is 45.2 Å². The number of carbonyl (C=O) groups is 1. The SMILES string of the molecule is O=C(CSc1ccc(F)c(F)c1)NCc1ccc(N2CCCC2)nc1. The van der Waals surface area contributed by atoms with Crippen molar-refractivity contribution in [3.8, 4) is 0 Å². The number of halogens is 2. The molecule has 4 nitrogen and oxygen atoms in total. The minimum Gasteiger partial charge on any atom is -0.357 e. The van der Waals surface area contributed by atoms with Gasteiger partial charge in [0.25, 0.3) is 0 Å². The van der Waals surface area contributed by atoms with Crippen LogP contribution in [-0.2, 0) is 11.3 Å². The van der Waals surface area contributed by atoms with Gasteiger partial charge in [-0.15, -0.1) is 11.8 Å². The predicted molar refractivity (Wildman–Crippen MR) is 94.6 cm³/mol. The molecule has 1 fully saturated rings. The van der Waals surface area contributed by atoms with Crippen LogP contribution in [0.3, 0.4) is 0 Å². The van der Waals surface area contributed by atoms with Crippen LogP contribution in [-0.4, -0.2) is 29.7 Å². The maximum atomic E-state index is 13.1. The molecule has 7 heteroatoms. The van der Waals surface area contributed by atoms with E-state index >= 15 is 0 Å². The van der Waals surface area contributed by atoms with E-state index in [2.05, 4.69) is 15.2 Å². The summed E-state index contributed by atoms with van der Waals surface area (Å²) in [5.41, 5.74) is 0.925. The van der Waals surface area contributed by atoms with Crippen molar-refractivity contribution in [2.75, 3.05) is 23.7 Å². The first-order valence-electron chi connectivity index (χ1n) is 8.16. The molecule has 1 amide bonds. The smallest absolute Gasteiger partial charge is 0.230 e. The fourth-order valence-electron chi connectivity index (χ4n) is 2.62. The number of hydrogen-bond acceptors (Lipinski definition) is 4. The third kappa shape index (κ3) is 4.92. The number of carbonyl (C=O) groups excluding carboxylic acids is 1. The van der Waals surface area contributed by atoms with Crippen LogP contribution in [0.25, 0.3) is 0 Å². The highest BCUT2D eigenvalue weighted by Gasteiger charge is 2.13. The summed E-state index contributed by atoms with van der Waals surface area (Å²) in [6.07, 6.45) is 4.18. The van der Waals surface area contributed by atoms with E-state index in [-0.39, 0.29) is 11.7 Å². The van der Waals surface area contributed by atoms with E-state index < -0.39 is 11.6 Å². The maximum absolute atomic E-state index is 13.1. The molecule has 0 radical (unpaired) electrons. The van der Waals surface area contributed by atoms with Crippen LogP contribution in [0.4, 0.5) is 14.6 Å². The zero-order valence-electron chi connectivity index (χ0n) is 13.7. The standard InChI is InChI=1S/C18H19F2N3OS/c19-15-5-4-14(9-16(15)20)25-12-18(24)22-11-13-3-6-17(21-10-13)23-7-1-2-8-23/h3-6,9-10H,1-2,7-8,11-12H2,(H,22,24). The van der Waals surface area contributed by atoms with Crippen molar-refractivity contribution >= 4 is 23.5 Å². The average Bonchev–Trinajstić information content (AvgIpc) is 3.16. The van der Waals surface area contributed by atoms with E-state index in [9.17, 15) is 13.6 Å². The Balaban J connectivity index is 1.44. The van der Waals surface area contributed by atoms with E-state index in [1.54, 1.807) is 6.20 Å². The lowest BCUT2D eigenvalue weighted by Crippen LogP contribution is -2.25. The van der Waals surface area contributed by atoms with Crippen molar-refractivity contribution in [3.05, 3.63) is 53.7 Å². The van der Waals surface area contributed by atoms with E-state index in [1.165, 1.54) is 18.9 Å². The predicted octanol–water partition coefficient (Wildman–Crippen LogP) is 3.37. The van der Waals surface area contributed by atoms with E-state index in [0.717, 1.165) is 48.4 Å². The van der Waals surface area contributed by atoms with Gasteiger partial charge in [0.15, 0.2) is 11.6 Å². The number of rotatable bonds is 6. The average molecular weight is 363 g/mol.